The van der Waals surface area contributed by atoms with E-state index in [4.69, 9.17) is 0 Å². The monoisotopic (exact) mass is 592 g/mol. The molecule has 44 heavy (non-hydrogen) atoms. The molecule has 0 unspecified atom stereocenters. The van der Waals surface area contributed by atoms with Crippen LogP contribution in [0.2, 0.25) is 0 Å². The molecule has 2 fully saturated rings. The number of aromatic nitrogens is 1. The molecule has 0 spiro atoms. The number of hydrogen-bond donors (Lipinski definition) is 2. The fourth-order valence-electron chi connectivity index (χ4n) is 6.20. The average Bonchev–Trinajstić information content (AvgIpc) is 3.03. The van der Waals surface area contributed by atoms with Crippen molar-refractivity contribution in [2.24, 2.45) is 0 Å². The van der Waals surface area contributed by atoms with Crippen molar-refractivity contribution in [3.63, 3.8) is 0 Å². The van der Waals surface area contributed by atoms with Gasteiger partial charge >= 0.3 is 6.03 Å². The zero-order valence-corrected chi connectivity index (χ0v) is 24.7. The number of urea groups is 1. The minimum atomic E-state index is -0.832. The van der Waals surface area contributed by atoms with Gasteiger partial charge in [0.1, 0.15) is 18.0 Å². The van der Waals surface area contributed by atoms with Gasteiger partial charge in [0.05, 0.1) is 18.6 Å². The van der Waals surface area contributed by atoms with Crippen molar-refractivity contribution >= 4 is 28.7 Å². The molecule has 2 aliphatic heterocycles. The molecule has 0 radical (unpaired) electrons. The van der Waals surface area contributed by atoms with Gasteiger partial charge in [-0.15, -0.1) is 0 Å². The van der Waals surface area contributed by atoms with Crippen LogP contribution in [0.3, 0.4) is 0 Å². The molecule has 2 aliphatic rings. The first-order valence-corrected chi connectivity index (χ1v) is 15.0. The van der Waals surface area contributed by atoms with Crippen LogP contribution in [0.1, 0.15) is 30.0 Å². The molecule has 10 nitrogen and oxygen atoms in total. The van der Waals surface area contributed by atoms with Crippen LogP contribution in [0.5, 0.6) is 5.75 Å². The van der Waals surface area contributed by atoms with Crippen LogP contribution in [-0.4, -0.2) is 79.6 Å². The summed E-state index contributed by atoms with van der Waals surface area (Å²) in [7, 11) is 0. The van der Waals surface area contributed by atoms with Crippen molar-refractivity contribution in [1.29, 1.82) is 0 Å². The summed E-state index contributed by atoms with van der Waals surface area (Å²) in [4.78, 5) is 49.9. The lowest BCUT2D eigenvalue weighted by atomic mass is 9.98. The minimum Gasteiger partial charge on any atom is -0.508 e. The minimum absolute atomic E-state index is 0.00427. The Morgan fingerprint density at radius 2 is 1.73 bits per heavy atom. The summed E-state index contributed by atoms with van der Waals surface area (Å²) in [5, 5.41) is 17.3. The van der Waals surface area contributed by atoms with Crippen LogP contribution >= 0.6 is 0 Å². The summed E-state index contributed by atoms with van der Waals surface area (Å²) in [6.07, 6.45) is 2.02. The summed E-state index contributed by atoms with van der Waals surface area (Å²) in [5.74, 6) is -0.263. The molecule has 4 amide bonds. The Bertz CT molecular complexity index is 1640. The van der Waals surface area contributed by atoms with Crippen LogP contribution in [0.25, 0.3) is 10.9 Å². The number of piperazine rings is 1. The first-order valence-electron chi connectivity index (χ1n) is 15.0. The molecule has 3 heterocycles. The van der Waals surface area contributed by atoms with Crippen molar-refractivity contribution in [2.75, 3.05) is 19.6 Å². The average molecular weight is 593 g/mol. The summed E-state index contributed by atoms with van der Waals surface area (Å²) in [6.45, 7) is 3.28. The van der Waals surface area contributed by atoms with Gasteiger partial charge in [-0.2, -0.15) is 0 Å². The maximum atomic E-state index is 14.3. The fourth-order valence-corrected chi connectivity index (χ4v) is 6.20. The van der Waals surface area contributed by atoms with Gasteiger partial charge in [0.15, 0.2) is 0 Å². The number of carbonyl (C=O) groups is 3. The van der Waals surface area contributed by atoms with Gasteiger partial charge in [0, 0.05) is 37.6 Å². The Balaban J connectivity index is 1.36. The number of nitrogens with zero attached hydrogens (tertiary/aromatic N) is 5. The van der Waals surface area contributed by atoms with Crippen molar-refractivity contribution in [3.8, 4) is 5.75 Å². The van der Waals surface area contributed by atoms with Crippen molar-refractivity contribution in [3.05, 3.63) is 108 Å². The van der Waals surface area contributed by atoms with E-state index in [9.17, 15) is 19.5 Å². The highest BCUT2D eigenvalue weighted by atomic mass is 16.3. The maximum Gasteiger partial charge on any atom is 0.334 e. The molecule has 0 aliphatic carbocycles. The van der Waals surface area contributed by atoms with Crippen LogP contribution in [0.4, 0.5) is 4.79 Å². The number of fused-ring (bicyclic) bond motifs is 2. The second kappa shape index (κ2) is 12.7. The quantitative estimate of drug-likeness (QED) is 0.321. The summed E-state index contributed by atoms with van der Waals surface area (Å²) in [6, 6.07) is 24.9. The van der Waals surface area contributed by atoms with E-state index in [2.05, 4.69) is 10.3 Å². The molecule has 0 bridgehead atoms. The second-order valence-electron chi connectivity index (χ2n) is 11.3. The third-order valence-corrected chi connectivity index (χ3v) is 8.25. The molecule has 2 atom stereocenters. The van der Waals surface area contributed by atoms with Gasteiger partial charge < -0.3 is 20.2 Å². The topological polar surface area (TPSA) is 109 Å². The normalized spacial score (nSPS) is 18.9. The van der Waals surface area contributed by atoms with Crippen LogP contribution in [0.15, 0.2) is 91.1 Å². The number of pyridine rings is 1. The highest BCUT2D eigenvalue weighted by Crippen LogP contribution is 2.30. The summed E-state index contributed by atoms with van der Waals surface area (Å²) < 4.78 is 0. The number of phenolic OH excluding ortho intramolecular Hbond substituents is 1. The molecule has 1 aromatic heterocycles. The van der Waals surface area contributed by atoms with E-state index in [-0.39, 0.29) is 49.7 Å². The van der Waals surface area contributed by atoms with Crippen LogP contribution < -0.4 is 5.32 Å². The van der Waals surface area contributed by atoms with Crippen molar-refractivity contribution < 1.29 is 19.5 Å². The Kier molecular flexibility index (Phi) is 8.42. The molecule has 226 valence electrons. The van der Waals surface area contributed by atoms with Gasteiger partial charge in [-0.1, -0.05) is 73.7 Å². The lowest BCUT2D eigenvalue weighted by Gasteiger charge is -2.55. The predicted octanol–water partition coefficient (Wildman–Crippen LogP) is 3.90. The highest BCUT2D eigenvalue weighted by molar-refractivity contribution is 5.92. The zero-order valence-electron chi connectivity index (χ0n) is 24.7. The molecular weight excluding hydrogens is 556 g/mol. The third-order valence-electron chi connectivity index (χ3n) is 8.25. The lowest BCUT2D eigenvalue weighted by Crippen LogP contribution is -2.76. The Labute approximate surface area is 256 Å². The molecule has 6 rings (SSSR count). The van der Waals surface area contributed by atoms with E-state index in [0.717, 1.165) is 34.0 Å². The third kappa shape index (κ3) is 5.93. The van der Waals surface area contributed by atoms with Gasteiger partial charge in [-0.3, -0.25) is 14.6 Å². The Morgan fingerprint density at radius 3 is 2.50 bits per heavy atom. The van der Waals surface area contributed by atoms with Crippen molar-refractivity contribution in [1.82, 2.24) is 30.1 Å². The van der Waals surface area contributed by atoms with Gasteiger partial charge in [-0.25, -0.2) is 14.8 Å². The molecule has 4 aromatic rings. The highest BCUT2D eigenvalue weighted by Gasteiger charge is 2.51. The number of para-hydroxylation sites is 1. The molecule has 10 heteroatoms. The maximum absolute atomic E-state index is 14.3. The lowest BCUT2D eigenvalue weighted by molar-refractivity contribution is -0.190. The number of hydrogen-bond acceptors (Lipinski definition) is 6. The van der Waals surface area contributed by atoms with E-state index < -0.39 is 12.2 Å². The molecule has 2 saturated heterocycles. The molecule has 2 N–H and O–H groups in total. The number of rotatable bonds is 8. The smallest absolute Gasteiger partial charge is 0.334 e. The number of phenols is 1. The zero-order chi connectivity index (χ0) is 30.6. The number of aromatic hydroxyl groups is 1. The van der Waals surface area contributed by atoms with Crippen molar-refractivity contribution in [2.45, 2.75) is 45.1 Å². The van der Waals surface area contributed by atoms with E-state index in [1.165, 1.54) is 0 Å². The van der Waals surface area contributed by atoms with Crippen LogP contribution in [0, 0.1) is 0 Å². The van der Waals surface area contributed by atoms with Gasteiger partial charge in [0.2, 0.25) is 11.8 Å². The standard InChI is InChI=1S/C34H36N6O4/c1-2-18-38-23-31(42)39-29(19-24-13-15-28(41)16-14-24)33(43)37(21-27-11-6-10-26-12-7-17-35-32(26)27)22-30(39)40(38)34(44)36-20-25-8-4-3-5-9-25/h3-17,29-30,41H,2,18-23H2,1H3,(H,36,44)/t29-,30-/m0/s1. The second-order valence-corrected chi connectivity index (χ2v) is 11.3. The van der Waals surface area contributed by atoms with E-state index >= 15 is 0 Å². The Hall–Kier alpha value is -4.96. The number of amides is 4. The van der Waals surface area contributed by atoms with E-state index in [1.54, 1.807) is 50.3 Å². The fraction of sp³-hybridized carbons (Fsp3) is 0.294. The number of hydrazine groups is 1. The van der Waals surface area contributed by atoms with Gasteiger partial charge in [0.25, 0.3) is 0 Å². The Morgan fingerprint density at radius 1 is 0.955 bits per heavy atom. The molecular formula is C34H36N6O4. The first kappa shape index (κ1) is 29.1. The number of carbonyl (C=O) groups excluding carboxylic acids is 3. The first-order chi connectivity index (χ1) is 21.4. The predicted molar refractivity (Wildman–Crippen MR) is 166 cm³/mol. The number of benzene rings is 3. The van der Waals surface area contributed by atoms with E-state index in [0.29, 0.717) is 13.1 Å². The molecule has 3 aromatic carbocycles. The summed E-state index contributed by atoms with van der Waals surface area (Å²) >= 11 is 0. The van der Waals surface area contributed by atoms with Gasteiger partial charge in [-0.05, 0) is 41.3 Å². The molecule has 0 saturated carbocycles. The summed E-state index contributed by atoms with van der Waals surface area (Å²) in [5.41, 5.74) is 3.46. The number of nitrogens with one attached hydrogen (secondary N) is 1. The SMILES string of the molecule is CCCN1CC(=O)N2[C@@H](Cc3ccc(O)cc3)C(=O)N(Cc3cccc4cccnc34)C[C@@H]2N1C(=O)NCc1ccccc1. The van der Waals surface area contributed by atoms with E-state index in [1.807, 2.05) is 67.6 Å². The largest absolute Gasteiger partial charge is 0.508 e. The van der Waals surface area contributed by atoms with Crippen LogP contribution in [-0.2, 0) is 29.1 Å².